The molecule has 1 aliphatic rings. The number of carbonyl (C=O) groups excluding carboxylic acids is 1. The second kappa shape index (κ2) is 7.36. The van der Waals surface area contributed by atoms with Gasteiger partial charge in [0.15, 0.2) is 0 Å². The van der Waals surface area contributed by atoms with E-state index in [9.17, 15) is 9.59 Å². The maximum absolute atomic E-state index is 11.7. The Kier molecular flexibility index (Phi) is 6.12. The standard InChI is InChI=1S/C13H24N2O3/c1-2-9(7-14)6-12(16)15-8-10-4-3-5-11(10)13(17)18/h9-11H,2-8,14H2,1H3,(H,15,16)(H,17,18). The molecule has 3 unspecified atom stereocenters. The highest BCUT2D eigenvalue weighted by atomic mass is 16.4. The van der Waals surface area contributed by atoms with E-state index in [2.05, 4.69) is 5.32 Å². The minimum absolute atomic E-state index is 0.0108. The van der Waals surface area contributed by atoms with Crippen LogP contribution in [0, 0.1) is 17.8 Å². The Hall–Kier alpha value is -1.10. The van der Waals surface area contributed by atoms with Gasteiger partial charge in [0.05, 0.1) is 5.92 Å². The van der Waals surface area contributed by atoms with Crippen LogP contribution in [0.4, 0.5) is 0 Å². The van der Waals surface area contributed by atoms with Gasteiger partial charge in [0.25, 0.3) is 0 Å². The molecule has 1 amide bonds. The van der Waals surface area contributed by atoms with Crippen LogP contribution in [0.5, 0.6) is 0 Å². The lowest BCUT2D eigenvalue weighted by molar-refractivity contribution is -0.143. The molecule has 0 aromatic carbocycles. The average molecular weight is 256 g/mol. The Balaban J connectivity index is 2.31. The summed E-state index contributed by atoms with van der Waals surface area (Å²) in [6.45, 7) is 3.02. The van der Waals surface area contributed by atoms with Gasteiger partial charge < -0.3 is 16.2 Å². The number of carboxylic acids is 1. The third-order valence-electron chi connectivity index (χ3n) is 3.92. The molecule has 0 saturated heterocycles. The topological polar surface area (TPSA) is 92.4 Å². The first-order chi connectivity index (χ1) is 8.58. The first-order valence-electron chi connectivity index (χ1n) is 6.78. The van der Waals surface area contributed by atoms with Crippen molar-refractivity contribution in [3.05, 3.63) is 0 Å². The Bertz CT molecular complexity index is 290. The Morgan fingerprint density at radius 2 is 2.17 bits per heavy atom. The van der Waals surface area contributed by atoms with Crippen LogP contribution in [0.25, 0.3) is 0 Å². The van der Waals surface area contributed by atoms with Gasteiger partial charge in [-0.1, -0.05) is 19.8 Å². The molecule has 0 bridgehead atoms. The van der Waals surface area contributed by atoms with Crippen LogP contribution in [-0.2, 0) is 9.59 Å². The molecule has 0 aromatic rings. The molecular formula is C13H24N2O3. The summed E-state index contributed by atoms with van der Waals surface area (Å²) in [5, 5.41) is 11.9. The number of hydrogen-bond acceptors (Lipinski definition) is 3. The molecule has 3 atom stereocenters. The third-order valence-corrected chi connectivity index (χ3v) is 3.92. The van der Waals surface area contributed by atoms with Crippen LogP contribution in [-0.4, -0.2) is 30.1 Å². The lowest BCUT2D eigenvalue weighted by Crippen LogP contribution is -2.34. The number of amides is 1. The number of aliphatic carboxylic acids is 1. The van der Waals surface area contributed by atoms with Gasteiger partial charge in [0.2, 0.25) is 5.91 Å². The molecular weight excluding hydrogens is 232 g/mol. The molecule has 104 valence electrons. The van der Waals surface area contributed by atoms with Crippen LogP contribution >= 0.6 is 0 Å². The quantitative estimate of drug-likeness (QED) is 0.633. The van der Waals surface area contributed by atoms with E-state index in [1.807, 2.05) is 6.92 Å². The molecule has 5 heteroatoms. The molecule has 0 aromatic heterocycles. The number of carbonyl (C=O) groups is 2. The van der Waals surface area contributed by atoms with Crippen molar-refractivity contribution in [1.82, 2.24) is 5.32 Å². The van der Waals surface area contributed by atoms with Crippen LogP contribution < -0.4 is 11.1 Å². The van der Waals surface area contributed by atoms with E-state index in [0.717, 1.165) is 25.7 Å². The number of nitrogens with two attached hydrogens (primary N) is 1. The zero-order chi connectivity index (χ0) is 13.5. The molecule has 1 fully saturated rings. The summed E-state index contributed by atoms with van der Waals surface area (Å²) in [5.41, 5.74) is 5.55. The van der Waals surface area contributed by atoms with E-state index >= 15 is 0 Å². The SMILES string of the molecule is CCC(CN)CC(=O)NCC1CCCC1C(=O)O. The van der Waals surface area contributed by atoms with Crippen molar-refractivity contribution < 1.29 is 14.7 Å². The summed E-state index contributed by atoms with van der Waals surface area (Å²) < 4.78 is 0. The maximum Gasteiger partial charge on any atom is 0.306 e. The minimum Gasteiger partial charge on any atom is -0.481 e. The van der Waals surface area contributed by atoms with Crippen molar-refractivity contribution in [2.24, 2.45) is 23.5 Å². The average Bonchev–Trinajstić information content (AvgIpc) is 2.81. The summed E-state index contributed by atoms with van der Waals surface area (Å²) >= 11 is 0. The summed E-state index contributed by atoms with van der Waals surface area (Å²) in [6, 6.07) is 0. The van der Waals surface area contributed by atoms with Gasteiger partial charge in [0.1, 0.15) is 0 Å². The van der Waals surface area contributed by atoms with Gasteiger partial charge in [-0.3, -0.25) is 9.59 Å². The predicted molar refractivity (Wildman–Crippen MR) is 68.9 cm³/mol. The molecule has 1 rings (SSSR count). The zero-order valence-electron chi connectivity index (χ0n) is 11.0. The van der Waals surface area contributed by atoms with Gasteiger partial charge in [0, 0.05) is 13.0 Å². The molecule has 0 aliphatic heterocycles. The van der Waals surface area contributed by atoms with E-state index < -0.39 is 5.97 Å². The van der Waals surface area contributed by atoms with Crippen LogP contribution in [0.2, 0.25) is 0 Å². The zero-order valence-corrected chi connectivity index (χ0v) is 11.0. The van der Waals surface area contributed by atoms with Gasteiger partial charge in [-0.2, -0.15) is 0 Å². The Morgan fingerprint density at radius 3 is 2.72 bits per heavy atom. The minimum atomic E-state index is -0.736. The fourth-order valence-corrected chi connectivity index (χ4v) is 2.58. The van der Waals surface area contributed by atoms with E-state index in [1.54, 1.807) is 0 Å². The van der Waals surface area contributed by atoms with Crippen LogP contribution in [0.15, 0.2) is 0 Å². The van der Waals surface area contributed by atoms with Gasteiger partial charge in [-0.15, -0.1) is 0 Å². The van der Waals surface area contributed by atoms with Gasteiger partial charge in [-0.05, 0) is 31.2 Å². The molecule has 5 nitrogen and oxygen atoms in total. The molecule has 0 heterocycles. The van der Waals surface area contributed by atoms with Crippen molar-refractivity contribution in [2.45, 2.75) is 39.0 Å². The molecule has 1 aliphatic carbocycles. The first-order valence-corrected chi connectivity index (χ1v) is 6.78. The van der Waals surface area contributed by atoms with E-state index in [1.165, 1.54) is 0 Å². The fourth-order valence-electron chi connectivity index (χ4n) is 2.58. The number of carboxylic acid groups (broad SMARTS) is 1. The lowest BCUT2D eigenvalue weighted by atomic mass is 9.96. The summed E-state index contributed by atoms with van der Waals surface area (Å²) in [6.07, 6.45) is 3.90. The van der Waals surface area contributed by atoms with Gasteiger partial charge in [-0.25, -0.2) is 0 Å². The molecule has 4 N–H and O–H groups in total. The summed E-state index contributed by atoms with van der Waals surface area (Å²) in [4.78, 5) is 22.7. The monoisotopic (exact) mass is 256 g/mol. The normalized spacial score (nSPS) is 24.8. The van der Waals surface area contributed by atoms with Crippen molar-refractivity contribution in [3.8, 4) is 0 Å². The summed E-state index contributed by atoms with van der Waals surface area (Å²) in [7, 11) is 0. The molecule has 1 saturated carbocycles. The highest BCUT2D eigenvalue weighted by Crippen LogP contribution is 2.31. The predicted octanol–water partition coefficient (Wildman–Crippen LogP) is 0.979. The third kappa shape index (κ3) is 4.29. The summed E-state index contributed by atoms with van der Waals surface area (Å²) in [5.74, 6) is -0.724. The highest BCUT2D eigenvalue weighted by molar-refractivity contribution is 5.76. The van der Waals surface area contributed by atoms with E-state index in [-0.39, 0.29) is 23.7 Å². The van der Waals surface area contributed by atoms with E-state index in [0.29, 0.717) is 19.5 Å². The first kappa shape index (κ1) is 15.0. The Labute approximate surface area is 108 Å². The highest BCUT2D eigenvalue weighted by Gasteiger charge is 2.32. The number of hydrogen-bond donors (Lipinski definition) is 3. The lowest BCUT2D eigenvalue weighted by Gasteiger charge is -2.17. The van der Waals surface area contributed by atoms with E-state index in [4.69, 9.17) is 10.8 Å². The van der Waals surface area contributed by atoms with Crippen molar-refractivity contribution in [3.63, 3.8) is 0 Å². The second-order valence-corrected chi connectivity index (χ2v) is 5.15. The number of nitrogens with one attached hydrogen (secondary N) is 1. The van der Waals surface area contributed by atoms with Crippen LogP contribution in [0.1, 0.15) is 39.0 Å². The van der Waals surface area contributed by atoms with Crippen molar-refractivity contribution in [2.75, 3.05) is 13.1 Å². The molecule has 18 heavy (non-hydrogen) atoms. The number of rotatable bonds is 7. The second-order valence-electron chi connectivity index (χ2n) is 5.15. The Morgan fingerprint density at radius 1 is 1.44 bits per heavy atom. The fraction of sp³-hybridized carbons (Fsp3) is 0.846. The van der Waals surface area contributed by atoms with Crippen LogP contribution in [0.3, 0.4) is 0 Å². The maximum atomic E-state index is 11.7. The van der Waals surface area contributed by atoms with Gasteiger partial charge >= 0.3 is 5.97 Å². The molecule has 0 radical (unpaired) electrons. The molecule has 0 spiro atoms. The van der Waals surface area contributed by atoms with Crippen molar-refractivity contribution >= 4 is 11.9 Å². The largest absolute Gasteiger partial charge is 0.481 e. The van der Waals surface area contributed by atoms with Crippen molar-refractivity contribution in [1.29, 1.82) is 0 Å². The smallest absolute Gasteiger partial charge is 0.306 e.